The van der Waals surface area contributed by atoms with Gasteiger partial charge in [0, 0.05) is 5.70 Å². The van der Waals surface area contributed by atoms with Crippen molar-refractivity contribution in [1.82, 2.24) is 10.6 Å². The normalized spacial score (nSPS) is 17.0. The second-order valence-corrected chi connectivity index (χ2v) is 7.08. The summed E-state index contributed by atoms with van der Waals surface area (Å²) in [7, 11) is 0. The van der Waals surface area contributed by atoms with Crippen LogP contribution in [0.3, 0.4) is 0 Å². The van der Waals surface area contributed by atoms with E-state index in [-0.39, 0.29) is 12.0 Å². The van der Waals surface area contributed by atoms with Crippen LogP contribution in [0.25, 0.3) is 0 Å². The van der Waals surface area contributed by atoms with Crippen LogP contribution in [0.5, 0.6) is 5.75 Å². The molecule has 0 radical (unpaired) electrons. The molecule has 0 spiro atoms. The maximum absolute atomic E-state index is 12.6. The first kappa shape index (κ1) is 20.2. The molecule has 0 saturated carbocycles. The number of allylic oxidation sites excluding steroid dienone is 1. The highest BCUT2D eigenvalue weighted by Gasteiger charge is 2.32. The van der Waals surface area contributed by atoms with Crippen molar-refractivity contribution in [3.8, 4) is 5.75 Å². The van der Waals surface area contributed by atoms with Crippen molar-refractivity contribution in [2.24, 2.45) is 5.92 Å². The van der Waals surface area contributed by atoms with Gasteiger partial charge in [0.25, 0.3) is 0 Å². The lowest BCUT2D eigenvalue weighted by atomic mass is 9.94. The number of carbonyl (C=O) groups is 1. The lowest BCUT2D eigenvalue weighted by Crippen LogP contribution is -2.45. The Morgan fingerprint density at radius 3 is 2.50 bits per heavy atom. The third-order valence-corrected chi connectivity index (χ3v) is 4.17. The monoisotopic (exact) mass is 376 g/mol. The molecule has 0 aromatic heterocycles. The topological polar surface area (TPSA) is 59.6 Å². The van der Waals surface area contributed by atoms with Gasteiger partial charge in [0.15, 0.2) is 5.11 Å². The molecule has 142 valence electrons. The summed E-state index contributed by atoms with van der Waals surface area (Å²) in [5.74, 6) is 0.964. The fourth-order valence-electron chi connectivity index (χ4n) is 2.78. The Bertz CT molecular complexity index is 668. The predicted molar refractivity (Wildman–Crippen MR) is 107 cm³/mol. The minimum Gasteiger partial charge on any atom is -0.493 e. The third-order valence-electron chi connectivity index (χ3n) is 3.95. The molecule has 1 heterocycles. The second-order valence-electron chi connectivity index (χ2n) is 6.67. The first-order chi connectivity index (χ1) is 12.5. The standard InChI is InChI=1S/C20H28N2O3S/c1-5-7-16-17(19(23)24-6-2)18(22-20(26)21-16)14-8-10-15(11-9-14)25-12-13(3)4/h8-11,13,18H,5-7,12H2,1-4H3,(H2,21,22,26)/t18-/m0/s1. The van der Waals surface area contributed by atoms with Crippen LogP contribution in [0, 0.1) is 5.92 Å². The molecule has 5 nitrogen and oxygen atoms in total. The van der Waals surface area contributed by atoms with Gasteiger partial charge in [0.1, 0.15) is 5.75 Å². The van der Waals surface area contributed by atoms with Gasteiger partial charge in [0.2, 0.25) is 0 Å². The Morgan fingerprint density at radius 2 is 1.92 bits per heavy atom. The third kappa shape index (κ3) is 5.21. The summed E-state index contributed by atoms with van der Waals surface area (Å²) in [6.45, 7) is 9.10. The van der Waals surface area contributed by atoms with E-state index < -0.39 is 0 Å². The highest BCUT2D eigenvalue weighted by molar-refractivity contribution is 7.80. The average molecular weight is 377 g/mol. The Balaban J connectivity index is 2.32. The summed E-state index contributed by atoms with van der Waals surface area (Å²) in [6.07, 6.45) is 1.64. The summed E-state index contributed by atoms with van der Waals surface area (Å²) < 4.78 is 11.0. The smallest absolute Gasteiger partial charge is 0.338 e. The number of ether oxygens (including phenoxy) is 2. The fraction of sp³-hybridized carbons (Fsp3) is 0.500. The molecule has 0 bridgehead atoms. The van der Waals surface area contributed by atoms with E-state index in [1.807, 2.05) is 31.2 Å². The Hall–Kier alpha value is -2.08. The fourth-order valence-corrected chi connectivity index (χ4v) is 3.03. The van der Waals surface area contributed by atoms with Crippen LogP contribution in [0.1, 0.15) is 52.1 Å². The molecule has 1 atom stereocenters. The molecule has 0 amide bonds. The van der Waals surface area contributed by atoms with E-state index in [0.29, 0.717) is 29.8 Å². The van der Waals surface area contributed by atoms with Gasteiger partial charge in [-0.15, -0.1) is 0 Å². The molecule has 1 aromatic carbocycles. The van der Waals surface area contributed by atoms with Gasteiger partial charge in [-0.3, -0.25) is 0 Å². The van der Waals surface area contributed by atoms with E-state index >= 15 is 0 Å². The van der Waals surface area contributed by atoms with E-state index in [1.54, 1.807) is 0 Å². The van der Waals surface area contributed by atoms with Crippen LogP contribution in [0.15, 0.2) is 35.5 Å². The van der Waals surface area contributed by atoms with Gasteiger partial charge >= 0.3 is 5.97 Å². The molecule has 1 aliphatic rings. The van der Waals surface area contributed by atoms with Crippen LogP contribution in [0.4, 0.5) is 0 Å². The van der Waals surface area contributed by atoms with Gasteiger partial charge in [0.05, 0.1) is 24.8 Å². The molecular weight excluding hydrogens is 348 g/mol. The summed E-state index contributed by atoms with van der Waals surface area (Å²) >= 11 is 5.34. The Kier molecular flexibility index (Phi) is 7.45. The molecule has 26 heavy (non-hydrogen) atoms. The van der Waals surface area contributed by atoms with E-state index in [0.717, 1.165) is 29.9 Å². The molecule has 0 fully saturated rings. The molecule has 0 unspecified atom stereocenters. The van der Waals surface area contributed by atoms with Crippen molar-refractivity contribution in [2.45, 2.75) is 46.6 Å². The van der Waals surface area contributed by atoms with Crippen molar-refractivity contribution in [3.63, 3.8) is 0 Å². The van der Waals surface area contributed by atoms with Gasteiger partial charge in [-0.25, -0.2) is 4.79 Å². The number of carbonyl (C=O) groups excluding carboxylic acids is 1. The van der Waals surface area contributed by atoms with Gasteiger partial charge < -0.3 is 20.1 Å². The predicted octanol–water partition coefficient (Wildman–Crippen LogP) is 3.86. The van der Waals surface area contributed by atoms with Crippen LogP contribution < -0.4 is 15.4 Å². The lowest BCUT2D eigenvalue weighted by molar-refractivity contribution is -0.139. The number of nitrogens with one attached hydrogen (secondary N) is 2. The van der Waals surface area contributed by atoms with Gasteiger partial charge in [-0.05, 0) is 49.2 Å². The Labute approximate surface area is 161 Å². The number of hydrogen-bond acceptors (Lipinski definition) is 4. The van der Waals surface area contributed by atoms with Crippen molar-refractivity contribution in [1.29, 1.82) is 0 Å². The number of hydrogen-bond donors (Lipinski definition) is 2. The molecular formula is C20H28N2O3S. The van der Waals surface area contributed by atoms with E-state index in [9.17, 15) is 4.79 Å². The average Bonchev–Trinajstić information content (AvgIpc) is 2.60. The van der Waals surface area contributed by atoms with Crippen LogP contribution in [0.2, 0.25) is 0 Å². The Morgan fingerprint density at radius 1 is 1.23 bits per heavy atom. The highest BCUT2D eigenvalue weighted by atomic mass is 32.1. The van der Waals surface area contributed by atoms with Crippen LogP contribution in [-0.2, 0) is 9.53 Å². The largest absolute Gasteiger partial charge is 0.493 e. The molecule has 1 aliphatic heterocycles. The zero-order valence-electron chi connectivity index (χ0n) is 15.9. The lowest BCUT2D eigenvalue weighted by Gasteiger charge is -2.31. The minimum absolute atomic E-state index is 0.316. The SMILES string of the molecule is CCCC1=C(C(=O)OCC)[C@H](c2ccc(OCC(C)C)cc2)NC(=S)N1. The zero-order chi connectivity index (χ0) is 19.1. The van der Waals surface area contributed by atoms with Crippen molar-refractivity contribution in [3.05, 3.63) is 41.1 Å². The summed E-state index contributed by atoms with van der Waals surface area (Å²) in [6, 6.07) is 7.44. The zero-order valence-corrected chi connectivity index (χ0v) is 16.7. The summed E-state index contributed by atoms with van der Waals surface area (Å²) in [5.41, 5.74) is 2.38. The van der Waals surface area contributed by atoms with Crippen LogP contribution in [-0.4, -0.2) is 24.3 Å². The molecule has 0 aliphatic carbocycles. The number of thiocarbonyl (C=S) groups is 1. The highest BCUT2D eigenvalue weighted by Crippen LogP contribution is 2.30. The van der Waals surface area contributed by atoms with Crippen LogP contribution >= 0.6 is 12.2 Å². The molecule has 6 heteroatoms. The quantitative estimate of drug-likeness (QED) is 0.531. The van der Waals surface area contributed by atoms with E-state index in [2.05, 4.69) is 31.4 Å². The number of benzene rings is 1. The van der Waals surface area contributed by atoms with Crippen molar-refractivity contribution < 1.29 is 14.3 Å². The van der Waals surface area contributed by atoms with Gasteiger partial charge in [-0.2, -0.15) is 0 Å². The van der Waals surface area contributed by atoms with E-state index in [4.69, 9.17) is 21.7 Å². The second kappa shape index (κ2) is 9.57. The molecule has 2 N–H and O–H groups in total. The van der Waals surface area contributed by atoms with Crippen molar-refractivity contribution >= 4 is 23.3 Å². The number of esters is 1. The van der Waals surface area contributed by atoms with Gasteiger partial charge in [-0.1, -0.05) is 39.3 Å². The first-order valence-electron chi connectivity index (χ1n) is 9.16. The molecule has 1 aromatic rings. The summed E-state index contributed by atoms with van der Waals surface area (Å²) in [5, 5.41) is 6.85. The van der Waals surface area contributed by atoms with Crippen molar-refractivity contribution in [2.75, 3.05) is 13.2 Å². The maximum Gasteiger partial charge on any atom is 0.338 e. The first-order valence-corrected chi connectivity index (χ1v) is 9.57. The molecule has 2 rings (SSSR count). The minimum atomic E-state index is -0.330. The summed E-state index contributed by atoms with van der Waals surface area (Å²) in [4.78, 5) is 12.6. The molecule has 0 saturated heterocycles. The maximum atomic E-state index is 12.6. The van der Waals surface area contributed by atoms with E-state index in [1.165, 1.54) is 0 Å². The number of rotatable bonds is 8.